The van der Waals surface area contributed by atoms with Crippen molar-refractivity contribution in [1.29, 1.82) is 0 Å². The molecule has 4 rings (SSSR count). The minimum atomic E-state index is -5.00. The lowest BCUT2D eigenvalue weighted by Gasteiger charge is -2.45. The van der Waals surface area contributed by atoms with Gasteiger partial charge in [-0.05, 0) is 58.6 Å². The summed E-state index contributed by atoms with van der Waals surface area (Å²) in [6, 6.07) is 4.28. The molecule has 2 atom stereocenters. The Balaban J connectivity index is 1.83. The number of halogens is 7. The number of hydrogen-bond acceptors (Lipinski definition) is 6. The molecule has 8 nitrogen and oxygen atoms in total. The molecule has 0 unspecified atom stereocenters. The second-order valence-electron chi connectivity index (χ2n) is 9.20. The van der Waals surface area contributed by atoms with E-state index in [9.17, 15) is 36.2 Å². The van der Waals surface area contributed by atoms with Crippen molar-refractivity contribution >= 4 is 27.7 Å². The average Bonchev–Trinajstić information content (AvgIpc) is 2.87. The Kier molecular flexibility index (Phi) is 7.75. The number of pyridine rings is 1. The van der Waals surface area contributed by atoms with Gasteiger partial charge >= 0.3 is 18.4 Å². The van der Waals surface area contributed by atoms with E-state index >= 15 is 0 Å². The summed E-state index contributed by atoms with van der Waals surface area (Å²) in [6.07, 6.45) is -10.2. The number of rotatable bonds is 5. The van der Waals surface area contributed by atoms with Crippen LogP contribution in [0.3, 0.4) is 0 Å². The predicted molar refractivity (Wildman–Crippen MR) is 134 cm³/mol. The van der Waals surface area contributed by atoms with Gasteiger partial charge in [0.15, 0.2) is 0 Å². The Hall–Kier alpha value is -3.46. The largest absolute Gasteiger partial charge is 0.481 e. The molecular weight excluding hydrogens is 612 g/mol. The molecule has 0 saturated heterocycles. The van der Waals surface area contributed by atoms with Crippen LogP contribution >= 0.6 is 15.9 Å². The number of amides is 1. The summed E-state index contributed by atoms with van der Waals surface area (Å²) < 4.78 is 85.7. The molecule has 1 aromatic carbocycles. The number of ether oxygens (including phenoxy) is 1. The van der Waals surface area contributed by atoms with Crippen LogP contribution in [0, 0.1) is 0 Å². The topological polar surface area (TPSA) is 114 Å². The molecule has 214 valence electrons. The lowest BCUT2D eigenvalue weighted by molar-refractivity contribution is -0.143. The molecule has 40 heavy (non-hydrogen) atoms. The highest BCUT2D eigenvalue weighted by Crippen LogP contribution is 2.45. The van der Waals surface area contributed by atoms with E-state index in [0.717, 1.165) is 4.90 Å². The second-order valence-corrected chi connectivity index (χ2v) is 10.1. The molecule has 0 fully saturated rings. The van der Waals surface area contributed by atoms with Crippen molar-refractivity contribution in [3.05, 3.63) is 74.9 Å². The van der Waals surface area contributed by atoms with Crippen LogP contribution in [-0.4, -0.2) is 38.9 Å². The normalized spacial score (nSPS) is 19.4. The zero-order valence-corrected chi connectivity index (χ0v) is 22.5. The van der Waals surface area contributed by atoms with Crippen molar-refractivity contribution in [2.24, 2.45) is 5.73 Å². The van der Waals surface area contributed by atoms with Crippen LogP contribution in [0.4, 0.5) is 36.8 Å². The minimum absolute atomic E-state index is 0.00811. The van der Waals surface area contributed by atoms with E-state index in [0.29, 0.717) is 12.1 Å². The summed E-state index contributed by atoms with van der Waals surface area (Å²) in [5.41, 5.74) is 2.52. The van der Waals surface area contributed by atoms with Gasteiger partial charge in [-0.15, -0.1) is 0 Å². The lowest BCUT2D eigenvalue weighted by atomic mass is 9.83. The van der Waals surface area contributed by atoms with Gasteiger partial charge in [-0.2, -0.15) is 26.3 Å². The molecule has 0 saturated carbocycles. The average molecular weight is 634 g/mol. The first-order valence-corrected chi connectivity index (χ1v) is 12.5. The van der Waals surface area contributed by atoms with Crippen molar-refractivity contribution in [1.82, 2.24) is 15.0 Å². The van der Waals surface area contributed by atoms with Crippen LogP contribution in [0.1, 0.15) is 59.6 Å². The van der Waals surface area contributed by atoms with E-state index in [4.69, 9.17) is 10.5 Å². The van der Waals surface area contributed by atoms with E-state index < -0.39 is 47.6 Å². The highest BCUT2D eigenvalue weighted by molar-refractivity contribution is 9.10. The Labute approximate surface area is 232 Å². The van der Waals surface area contributed by atoms with Crippen molar-refractivity contribution < 1.29 is 41.0 Å². The fraction of sp³-hybridized carbons (Fsp3) is 0.360. The molecule has 0 spiro atoms. The third-order valence-corrected chi connectivity index (χ3v) is 7.29. The van der Waals surface area contributed by atoms with Gasteiger partial charge in [-0.1, -0.05) is 6.92 Å². The van der Waals surface area contributed by atoms with Crippen LogP contribution in [0.5, 0.6) is 5.88 Å². The fourth-order valence-corrected chi connectivity index (χ4v) is 4.95. The van der Waals surface area contributed by atoms with Gasteiger partial charge in [0.2, 0.25) is 5.88 Å². The number of alkyl halides is 6. The number of nitrogens with zero attached hydrogens (tertiary/aromatic N) is 4. The summed E-state index contributed by atoms with van der Waals surface area (Å²) in [4.78, 5) is 26.4. The SMILES string of the molecule is CC[C@]1(N)C[C@H](c2ncc(Br)c(Cc3cc(C(F)(F)F)cc(C(F)(F)F)c3)n2)c2nc(OC)ccc2N1C(=O)O. The summed E-state index contributed by atoms with van der Waals surface area (Å²) in [7, 11) is 1.37. The summed E-state index contributed by atoms with van der Waals surface area (Å²) in [5, 5.41) is 9.93. The van der Waals surface area contributed by atoms with Crippen LogP contribution in [0.15, 0.2) is 41.0 Å². The van der Waals surface area contributed by atoms with Crippen LogP contribution in [0.2, 0.25) is 0 Å². The smallest absolute Gasteiger partial charge is 0.416 e. The molecule has 3 aromatic rings. The number of aromatic nitrogens is 3. The van der Waals surface area contributed by atoms with E-state index in [-0.39, 0.29) is 57.7 Å². The van der Waals surface area contributed by atoms with Crippen LogP contribution in [0.25, 0.3) is 0 Å². The minimum Gasteiger partial charge on any atom is -0.481 e. The third-order valence-electron chi connectivity index (χ3n) is 6.63. The highest BCUT2D eigenvalue weighted by Gasteiger charge is 2.46. The quantitative estimate of drug-likeness (QED) is 0.314. The molecule has 0 aliphatic carbocycles. The number of fused-ring (bicyclic) bond motifs is 1. The Morgan fingerprint density at radius 3 is 2.30 bits per heavy atom. The van der Waals surface area contributed by atoms with Gasteiger partial charge in [-0.25, -0.2) is 19.7 Å². The van der Waals surface area contributed by atoms with Crippen molar-refractivity contribution in [3.63, 3.8) is 0 Å². The molecule has 0 bridgehead atoms. The monoisotopic (exact) mass is 633 g/mol. The number of carbonyl (C=O) groups is 1. The molecule has 1 aliphatic rings. The molecule has 1 aliphatic heterocycles. The van der Waals surface area contributed by atoms with Crippen molar-refractivity contribution in [3.8, 4) is 5.88 Å². The van der Waals surface area contributed by atoms with Gasteiger partial charge in [-0.3, -0.25) is 4.90 Å². The number of methoxy groups -OCH3 is 1. The van der Waals surface area contributed by atoms with Crippen LogP contribution in [-0.2, 0) is 18.8 Å². The predicted octanol–water partition coefficient (Wildman–Crippen LogP) is 6.36. The van der Waals surface area contributed by atoms with Crippen LogP contribution < -0.4 is 15.4 Å². The van der Waals surface area contributed by atoms with E-state index in [1.165, 1.54) is 25.4 Å². The molecule has 1 amide bonds. The van der Waals surface area contributed by atoms with Gasteiger partial charge in [0, 0.05) is 18.7 Å². The van der Waals surface area contributed by atoms with Gasteiger partial charge in [0.05, 0.1) is 45.7 Å². The van der Waals surface area contributed by atoms with Gasteiger partial charge in [0.25, 0.3) is 0 Å². The number of carboxylic acid groups (broad SMARTS) is 1. The van der Waals surface area contributed by atoms with Gasteiger partial charge < -0.3 is 15.6 Å². The standard InChI is InChI=1S/C25H22BrF6N5O3/c1-3-23(33)10-15(20-18(37(23)22(38)39)4-5-19(36-20)40-2)21-34-11-16(26)17(35-21)8-12-6-13(24(27,28)29)9-14(7-12)25(30,31)32/h4-7,9,11,15H,3,8,10,33H2,1-2H3,(H,38,39)/t15-,23+/m0/s1. The highest BCUT2D eigenvalue weighted by atomic mass is 79.9. The zero-order valence-electron chi connectivity index (χ0n) is 20.9. The number of hydrogen-bond donors (Lipinski definition) is 2. The van der Waals surface area contributed by atoms with E-state index in [1.54, 1.807) is 6.92 Å². The molecule has 15 heteroatoms. The van der Waals surface area contributed by atoms with Crippen molar-refractivity contribution in [2.75, 3.05) is 12.0 Å². The fourth-order valence-electron chi connectivity index (χ4n) is 4.62. The number of benzene rings is 1. The molecular formula is C25H22BrF6N5O3. The van der Waals surface area contributed by atoms with E-state index in [1.807, 2.05) is 0 Å². The van der Waals surface area contributed by atoms with E-state index in [2.05, 4.69) is 30.9 Å². The molecule has 3 heterocycles. The van der Waals surface area contributed by atoms with Gasteiger partial charge in [0.1, 0.15) is 11.5 Å². The summed E-state index contributed by atoms with van der Waals surface area (Å²) in [5.74, 6) is -0.489. The number of nitrogens with two attached hydrogens (primary N) is 1. The maximum absolute atomic E-state index is 13.4. The Bertz CT molecular complexity index is 1420. The Morgan fingerprint density at radius 1 is 1.15 bits per heavy atom. The summed E-state index contributed by atoms with van der Waals surface area (Å²) in [6.45, 7) is 1.70. The Morgan fingerprint density at radius 2 is 1.77 bits per heavy atom. The molecule has 2 aromatic heterocycles. The number of anilines is 1. The lowest BCUT2D eigenvalue weighted by Crippen LogP contribution is -2.61. The zero-order chi connectivity index (χ0) is 29.6. The third kappa shape index (κ3) is 5.70. The molecule has 3 N–H and O–H groups in total. The first-order valence-electron chi connectivity index (χ1n) is 11.7. The molecule has 0 radical (unpaired) electrons. The first-order chi connectivity index (χ1) is 18.6. The first kappa shape index (κ1) is 29.5. The van der Waals surface area contributed by atoms with Crippen molar-refractivity contribution in [2.45, 2.75) is 50.1 Å². The maximum atomic E-state index is 13.4. The summed E-state index contributed by atoms with van der Waals surface area (Å²) >= 11 is 3.23. The maximum Gasteiger partial charge on any atom is 0.416 e. The second kappa shape index (κ2) is 10.5.